The number of imidazole rings is 1. The molecule has 0 saturated carbocycles. The second-order valence-corrected chi connectivity index (χ2v) is 7.27. The number of fused-ring (bicyclic) bond motifs is 1. The molecule has 0 unspecified atom stereocenters. The molecule has 0 aliphatic carbocycles. The van der Waals surface area contributed by atoms with Crippen LogP contribution in [0.5, 0.6) is 0 Å². The Morgan fingerprint density at radius 2 is 1.71 bits per heavy atom. The van der Waals surface area contributed by atoms with Gasteiger partial charge in [-0.1, -0.05) is 11.3 Å². The van der Waals surface area contributed by atoms with Crippen molar-refractivity contribution in [3.8, 4) is 11.3 Å². The van der Waals surface area contributed by atoms with Gasteiger partial charge in [-0.3, -0.25) is 4.40 Å². The maximum absolute atomic E-state index is 13.1. The summed E-state index contributed by atoms with van der Waals surface area (Å²) in [5.41, 5.74) is 3.10. The predicted molar refractivity (Wildman–Crippen MR) is 105 cm³/mol. The fraction of sp³-hybridized carbons (Fsp3) is 0.100. The van der Waals surface area contributed by atoms with Gasteiger partial charge in [0.05, 0.1) is 12.2 Å². The van der Waals surface area contributed by atoms with E-state index in [1.807, 2.05) is 17.5 Å². The van der Waals surface area contributed by atoms with Crippen LogP contribution in [-0.2, 0) is 6.54 Å². The highest BCUT2D eigenvalue weighted by molar-refractivity contribution is 7.17. The summed E-state index contributed by atoms with van der Waals surface area (Å²) < 4.78 is 28.0. The Balaban J connectivity index is 1.45. The van der Waals surface area contributed by atoms with Gasteiger partial charge in [0.1, 0.15) is 11.6 Å². The number of anilines is 1. The number of hydrogen-bond donors (Lipinski definition) is 2. The first-order valence-corrected chi connectivity index (χ1v) is 9.35. The molecule has 2 aromatic heterocycles. The predicted octanol–water partition coefficient (Wildman–Crippen LogP) is 4.97. The van der Waals surface area contributed by atoms with Crippen LogP contribution in [0, 0.1) is 18.6 Å². The van der Waals surface area contributed by atoms with Crippen molar-refractivity contribution in [2.45, 2.75) is 13.5 Å². The van der Waals surface area contributed by atoms with E-state index in [0.29, 0.717) is 12.2 Å². The summed E-state index contributed by atoms with van der Waals surface area (Å²) in [4.78, 5) is 18.4. The van der Waals surface area contributed by atoms with Crippen LogP contribution in [0.15, 0.2) is 54.7 Å². The molecule has 0 aliphatic rings. The lowest BCUT2D eigenvalue weighted by atomic mass is 10.2. The average Bonchev–Trinajstić information content (AvgIpc) is 3.22. The summed E-state index contributed by atoms with van der Waals surface area (Å²) in [6.07, 6.45) is 1.90. The van der Waals surface area contributed by atoms with E-state index >= 15 is 0 Å². The zero-order valence-electron chi connectivity index (χ0n) is 14.9. The van der Waals surface area contributed by atoms with Crippen molar-refractivity contribution in [2.75, 3.05) is 5.32 Å². The molecule has 0 saturated heterocycles. The summed E-state index contributed by atoms with van der Waals surface area (Å²) in [7, 11) is 0. The number of benzene rings is 2. The minimum atomic E-state index is -0.371. The van der Waals surface area contributed by atoms with E-state index < -0.39 is 0 Å². The molecule has 5 nitrogen and oxygen atoms in total. The molecular weight excluding hydrogens is 382 g/mol. The third kappa shape index (κ3) is 3.72. The second kappa shape index (κ2) is 7.40. The Morgan fingerprint density at radius 3 is 2.36 bits per heavy atom. The first-order chi connectivity index (χ1) is 13.5. The van der Waals surface area contributed by atoms with Gasteiger partial charge in [-0.25, -0.2) is 18.6 Å². The summed E-state index contributed by atoms with van der Waals surface area (Å²) in [6, 6.07) is 11.4. The first-order valence-electron chi connectivity index (χ1n) is 8.53. The lowest BCUT2D eigenvalue weighted by molar-refractivity contribution is 0.252. The summed E-state index contributed by atoms with van der Waals surface area (Å²) in [5.74, 6) is -0.642. The van der Waals surface area contributed by atoms with Crippen LogP contribution in [0.2, 0.25) is 0 Å². The fourth-order valence-corrected chi connectivity index (χ4v) is 3.83. The van der Waals surface area contributed by atoms with Gasteiger partial charge in [0, 0.05) is 28.0 Å². The zero-order chi connectivity index (χ0) is 19.7. The SMILES string of the molecule is Cc1c(CNC(=O)Nc2ccc(F)cc2)sc2nc(-c3ccc(F)cc3)cn12. The number of carbonyl (C=O) groups is 1. The molecule has 2 amide bonds. The van der Waals surface area contributed by atoms with Crippen LogP contribution in [0.3, 0.4) is 0 Å². The van der Waals surface area contributed by atoms with Crippen molar-refractivity contribution in [1.82, 2.24) is 14.7 Å². The van der Waals surface area contributed by atoms with E-state index in [1.165, 1.54) is 47.7 Å². The standard InChI is InChI=1S/C20H16F2N4OS/c1-12-18(10-23-19(27)24-16-8-6-15(22)7-9-16)28-20-25-17(11-26(12)20)13-2-4-14(21)5-3-13/h2-9,11H,10H2,1H3,(H2,23,24,27). The number of amides is 2. The molecule has 4 aromatic rings. The van der Waals surface area contributed by atoms with Crippen LogP contribution < -0.4 is 10.6 Å². The Bertz CT molecular complexity index is 1130. The van der Waals surface area contributed by atoms with E-state index in [9.17, 15) is 13.6 Å². The van der Waals surface area contributed by atoms with Crippen molar-refractivity contribution in [3.05, 3.63) is 76.9 Å². The molecule has 2 aromatic carbocycles. The van der Waals surface area contributed by atoms with E-state index in [1.54, 1.807) is 12.1 Å². The number of halogens is 2. The fourth-order valence-electron chi connectivity index (χ4n) is 2.79. The molecule has 2 N–H and O–H groups in total. The summed E-state index contributed by atoms with van der Waals surface area (Å²) >= 11 is 1.48. The van der Waals surface area contributed by atoms with Crippen molar-refractivity contribution < 1.29 is 13.6 Å². The molecule has 142 valence electrons. The van der Waals surface area contributed by atoms with Gasteiger partial charge in [0.15, 0.2) is 4.96 Å². The number of aromatic nitrogens is 2. The topological polar surface area (TPSA) is 58.4 Å². The number of carbonyl (C=O) groups excluding carboxylic acids is 1. The maximum atomic E-state index is 13.1. The van der Waals surface area contributed by atoms with Gasteiger partial charge in [-0.2, -0.15) is 0 Å². The van der Waals surface area contributed by atoms with E-state index in [0.717, 1.165) is 26.8 Å². The zero-order valence-corrected chi connectivity index (χ0v) is 15.7. The van der Waals surface area contributed by atoms with E-state index in [4.69, 9.17) is 0 Å². The second-order valence-electron chi connectivity index (χ2n) is 6.21. The van der Waals surface area contributed by atoms with Crippen LogP contribution >= 0.6 is 11.3 Å². The maximum Gasteiger partial charge on any atom is 0.319 e. The van der Waals surface area contributed by atoms with Crippen molar-refractivity contribution >= 4 is 28.0 Å². The molecule has 0 bridgehead atoms. The Morgan fingerprint density at radius 1 is 1.07 bits per heavy atom. The number of nitrogens with zero attached hydrogens (tertiary/aromatic N) is 2. The van der Waals surface area contributed by atoms with Crippen molar-refractivity contribution in [2.24, 2.45) is 0 Å². The molecule has 0 aliphatic heterocycles. The quantitative estimate of drug-likeness (QED) is 0.510. The van der Waals surface area contributed by atoms with Crippen molar-refractivity contribution in [3.63, 3.8) is 0 Å². The van der Waals surface area contributed by atoms with Crippen LogP contribution in [0.25, 0.3) is 16.2 Å². The minimum absolute atomic E-state index is 0.284. The van der Waals surface area contributed by atoms with Gasteiger partial charge in [0.25, 0.3) is 0 Å². The lowest BCUT2D eigenvalue weighted by Gasteiger charge is -2.07. The van der Waals surface area contributed by atoms with Gasteiger partial charge in [-0.15, -0.1) is 0 Å². The van der Waals surface area contributed by atoms with Crippen LogP contribution in [0.1, 0.15) is 10.6 Å². The first kappa shape index (κ1) is 18.1. The number of nitrogens with one attached hydrogen (secondary N) is 2. The molecule has 0 atom stereocenters. The van der Waals surface area contributed by atoms with E-state index in [-0.39, 0.29) is 17.7 Å². The van der Waals surface area contributed by atoms with Crippen LogP contribution in [0.4, 0.5) is 19.3 Å². The normalized spacial score (nSPS) is 11.0. The van der Waals surface area contributed by atoms with Crippen LogP contribution in [-0.4, -0.2) is 15.4 Å². The minimum Gasteiger partial charge on any atom is -0.333 e. The summed E-state index contributed by atoms with van der Waals surface area (Å²) in [6.45, 7) is 2.30. The molecule has 8 heteroatoms. The van der Waals surface area contributed by atoms with E-state index in [2.05, 4.69) is 15.6 Å². The molecule has 0 radical (unpaired) electrons. The number of rotatable bonds is 4. The molecule has 0 fully saturated rings. The van der Waals surface area contributed by atoms with Gasteiger partial charge < -0.3 is 10.6 Å². The molecule has 2 heterocycles. The molecule has 0 spiro atoms. The number of thiazole rings is 1. The third-order valence-corrected chi connectivity index (χ3v) is 5.46. The molecular formula is C20H16F2N4OS. The molecule has 4 rings (SSSR count). The highest BCUT2D eigenvalue weighted by Crippen LogP contribution is 2.27. The highest BCUT2D eigenvalue weighted by atomic mass is 32.1. The highest BCUT2D eigenvalue weighted by Gasteiger charge is 2.13. The Labute approximate surface area is 163 Å². The number of aryl methyl sites for hydroxylation is 1. The Hall–Kier alpha value is -3.26. The monoisotopic (exact) mass is 398 g/mol. The average molecular weight is 398 g/mol. The van der Waals surface area contributed by atoms with Crippen molar-refractivity contribution in [1.29, 1.82) is 0 Å². The van der Waals surface area contributed by atoms with Gasteiger partial charge in [0.2, 0.25) is 0 Å². The van der Waals surface area contributed by atoms with Gasteiger partial charge in [-0.05, 0) is 55.5 Å². The molecule has 28 heavy (non-hydrogen) atoms. The summed E-state index contributed by atoms with van der Waals surface area (Å²) in [5, 5.41) is 5.45. The smallest absolute Gasteiger partial charge is 0.319 e. The third-order valence-electron chi connectivity index (χ3n) is 4.30. The Kier molecular flexibility index (Phi) is 4.79. The number of hydrogen-bond acceptors (Lipinski definition) is 3. The van der Waals surface area contributed by atoms with Gasteiger partial charge >= 0.3 is 6.03 Å². The largest absolute Gasteiger partial charge is 0.333 e. The lowest BCUT2D eigenvalue weighted by Crippen LogP contribution is -2.28. The number of urea groups is 1.